The number of para-hydroxylation sites is 1. The third kappa shape index (κ3) is 3.66. The summed E-state index contributed by atoms with van der Waals surface area (Å²) in [5, 5.41) is 8.30. The molecule has 2 aromatic carbocycles. The molecule has 0 aliphatic carbocycles. The van der Waals surface area contributed by atoms with E-state index in [1.54, 1.807) is 30.7 Å². The molecule has 0 N–H and O–H groups in total. The molecule has 2 heterocycles. The Morgan fingerprint density at radius 2 is 1.73 bits per heavy atom. The predicted octanol–water partition coefficient (Wildman–Crippen LogP) is 7.20. The van der Waals surface area contributed by atoms with Crippen LogP contribution < -0.4 is 0 Å². The van der Waals surface area contributed by atoms with Gasteiger partial charge in [-0.15, -0.1) is 16.2 Å². The molecular formula is C22H16ClF2N3OS. The van der Waals surface area contributed by atoms with Crippen molar-refractivity contribution in [2.24, 2.45) is 5.18 Å². The molecule has 0 fully saturated rings. The van der Waals surface area contributed by atoms with Crippen LogP contribution in [0.5, 0.6) is 0 Å². The number of hydrogen-bond acceptors (Lipinski definition) is 4. The van der Waals surface area contributed by atoms with Crippen molar-refractivity contribution in [3.05, 3.63) is 87.9 Å². The van der Waals surface area contributed by atoms with E-state index < -0.39 is 17.2 Å². The lowest BCUT2D eigenvalue weighted by atomic mass is 10.0. The Kier molecular flexibility index (Phi) is 5.26. The molecular weight excluding hydrogens is 428 g/mol. The zero-order valence-electron chi connectivity index (χ0n) is 16.1. The second kappa shape index (κ2) is 7.74. The van der Waals surface area contributed by atoms with Crippen molar-refractivity contribution < 1.29 is 8.78 Å². The molecule has 4 rings (SSSR count). The highest BCUT2D eigenvalue weighted by Crippen LogP contribution is 2.38. The molecule has 0 spiro atoms. The zero-order chi connectivity index (χ0) is 21.5. The molecule has 4 nitrogen and oxygen atoms in total. The zero-order valence-corrected chi connectivity index (χ0v) is 17.6. The quantitative estimate of drug-likeness (QED) is 0.306. The summed E-state index contributed by atoms with van der Waals surface area (Å²) in [6.45, 7) is 3.37. The first kappa shape index (κ1) is 20.4. The minimum atomic E-state index is -1.03. The maximum absolute atomic E-state index is 13.7. The fraction of sp³-hybridized carbons (Fsp3) is 0.136. The Balaban J connectivity index is 1.86. The molecule has 30 heavy (non-hydrogen) atoms. The third-order valence-corrected chi connectivity index (χ3v) is 6.18. The van der Waals surface area contributed by atoms with Gasteiger partial charge in [-0.3, -0.25) is 0 Å². The Morgan fingerprint density at radius 3 is 2.43 bits per heavy atom. The smallest absolute Gasteiger partial charge is 0.159 e. The Labute approximate surface area is 180 Å². The second-order valence-corrected chi connectivity index (χ2v) is 8.71. The van der Waals surface area contributed by atoms with Crippen LogP contribution in [0.3, 0.4) is 0 Å². The molecule has 0 bridgehead atoms. The van der Waals surface area contributed by atoms with Crippen LogP contribution in [0.1, 0.15) is 19.5 Å². The van der Waals surface area contributed by atoms with E-state index in [0.717, 1.165) is 15.8 Å². The molecule has 0 atom stereocenters. The van der Waals surface area contributed by atoms with E-state index >= 15 is 0 Å². The van der Waals surface area contributed by atoms with E-state index in [2.05, 4.69) is 10.3 Å². The highest BCUT2D eigenvalue weighted by atomic mass is 35.5. The van der Waals surface area contributed by atoms with Crippen LogP contribution in [0.2, 0.25) is 5.02 Å². The van der Waals surface area contributed by atoms with E-state index in [9.17, 15) is 13.7 Å². The Hall–Kier alpha value is -2.90. The first-order chi connectivity index (χ1) is 14.3. The summed E-state index contributed by atoms with van der Waals surface area (Å²) in [4.78, 5) is 12.9. The molecule has 152 valence electrons. The van der Waals surface area contributed by atoms with Crippen LogP contribution in [0.15, 0.2) is 65.8 Å². The number of rotatable bonds is 5. The van der Waals surface area contributed by atoms with E-state index in [1.165, 1.54) is 23.5 Å². The SMILES string of the molecule is CC(C)(N=O)c1cc(-c2ccc(-c3ccc(F)c(F)c3)s2)n(-c2ccccc2Cl)n1. The lowest BCUT2D eigenvalue weighted by molar-refractivity contribution is 0.509. The average Bonchev–Trinajstić information content (AvgIpc) is 3.38. The fourth-order valence-electron chi connectivity index (χ4n) is 2.99. The number of hydrogen-bond donors (Lipinski definition) is 0. The first-order valence-electron chi connectivity index (χ1n) is 9.06. The molecule has 8 heteroatoms. The van der Waals surface area contributed by atoms with Gasteiger partial charge in [0.05, 0.1) is 27.0 Å². The lowest BCUT2D eigenvalue weighted by Gasteiger charge is -2.11. The summed E-state index contributed by atoms with van der Waals surface area (Å²) >= 11 is 7.79. The molecule has 0 saturated heterocycles. The fourth-order valence-corrected chi connectivity index (χ4v) is 4.21. The molecule has 0 radical (unpaired) electrons. The van der Waals surface area contributed by atoms with Gasteiger partial charge in [0.1, 0.15) is 5.54 Å². The topological polar surface area (TPSA) is 47.2 Å². The van der Waals surface area contributed by atoms with Crippen molar-refractivity contribution >= 4 is 22.9 Å². The van der Waals surface area contributed by atoms with Gasteiger partial charge < -0.3 is 0 Å². The summed E-state index contributed by atoms with van der Waals surface area (Å²) in [5.74, 6) is -1.79. The number of nitroso groups, excluding NO2 is 1. The summed E-state index contributed by atoms with van der Waals surface area (Å²) in [6, 6.07) is 16.6. The van der Waals surface area contributed by atoms with Crippen LogP contribution in [-0.4, -0.2) is 9.78 Å². The van der Waals surface area contributed by atoms with Crippen molar-refractivity contribution in [3.8, 4) is 26.7 Å². The van der Waals surface area contributed by atoms with Gasteiger partial charge in [-0.05, 0) is 61.9 Å². The summed E-state index contributed by atoms with van der Waals surface area (Å²) in [7, 11) is 0. The third-order valence-electron chi connectivity index (χ3n) is 4.71. The van der Waals surface area contributed by atoms with Crippen molar-refractivity contribution in [1.82, 2.24) is 9.78 Å². The highest BCUT2D eigenvalue weighted by Gasteiger charge is 2.28. The van der Waals surface area contributed by atoms with E-state index in [4.69, 9.17) is 11.6 Å². The van der Waals surface area contributed by atoms with E-state index in [1.807, 2.05) is 30.3 Å². The number of thiophene rings is 1. The van der Waals surface area contributed by atoms with Gasteiger partial charge in [-0.1, -0.05) is 35.0 Å². The largest absolute Gasteiger partial charge is 0.230 e. The maximum Gasteiger partial charge on any atom is 0.159 e. The molecule has 4 aromatic rings. The van der Waals surface area contributed by atoms with Crippen LogP contribution in [0.25, 0.3) is 26.7 Å². The lowest BCUT2D eigenvalue weighted by Crippen LogP contribution is -2.14. The average molecular weight is 444 g/mol. The standard InChI is InChI=1S/C22H16ClF2N3OS/c1-22(2,27-29)21-12-18(28(26-21)17-6-4-3-5-14(17)23)20-10-9-19(30-20)13-7-8-15(24)16(25)11-13/h3-12H,1-2H3. The number of nitrogens with zero attached hydrogens (tertiary/aromatic N) is 3. The normalized spacial score (nSPS) is 11.6. The Bertz CT molecular complexity index is 1250. The number of benzene rings is 2. The molecule has 0 saturated carbocycles. The summed E-state index contributed by atoms with van der Waals surface area (Å²) in [6.07, 6.45) is 0. The molecule has 0 aliphatic heterocycles. The van der Waals surface area contributed by atoms with Gasteiger partial charge in [0.15, 0.2) is 11.6 Å². The van der Waals surface area contributed by atoms with Crippen molar-refractivity contribution in [1.29, 1.82) is 0 Å². The van der Waals surface area contributed by atoms with Crippen LogP contribution in [-0.2, 0) is 5.54 Å². The van der Waals surface area contributed by atoms with Gasteiger partial charge in [-0.2, -0.15) is 5.10 Å². The van der Waals surface area contributed by atoms with Gasteiger partial charge in [0.2, 0.25) is 0 Å². The van der Waals surface area contributed by atoms with E-state index in [-0.39, 0.29) is 0 Å². The van der Waals surface area contributed by atoms with Gasteiger partial charge in [0, 0.05) is 4.88 Å². The number of halogens is 3. The van der Waals surface area contributed by atoms with E-state index in [0.29, 0.717) is 27.7 Å². The van der Waals surface area contributed by atoms with Crippen LogP contribution in [0.4, 0.5) is 8.78 Å². The van der Waals surface area contributed by atoms with Gasteiger partial charge in [0.25, 0.3) is 0 Å². The molecule has 0 aliphatic rings. The second-order valence-electron chi connectivity index (χ2n) is 7.22. The molecule has 0 amide bonds. The summed E-state index contributed by atoms with van der Waals surface area (Å²) in [5.41, 5.74) is 1.42. The van der Waals surface area contributed by atoms with Crippen molar-refractivity contribution in [2.45, 2.75) is 19.4 Å². The van der Waals surface area contributed by atoms with Gasteiger partial charge >= 0.3 is 0 Å². The Morgan fingerprint density at radius 1 is 1.00 bits per heavy atom. The minimum absolute atomic E-state index is 0.496. The monoisotopic (exact) mass is 443 g/mol. The first-order valence-corrected chi connectivity index (χ1v) is 10.3. The minimum Gasteiger partial charge on any atom is -0.230 e. The molecule has 0 unspecified atom stereocenters. The van der Waals surface area contributed by atoms with Crippen molar-refractivity contribution in [2.75, 3.05) is 0 Å². The predicted molar refractivity (Wildman–Crippen MR) is 116 cm³/mol. The highest BCUT2D eigenvalue weighted by molar-refractivity contribution is 7.18. The maximum atomic E-state index is 13.7. The molecule has 2 aromatic heterocycles. The van der Waals surface area contributed by atoms with Gasteiger partial charge in [-0.25, -0.2) is 13.5 Å². The van der Waals surface area contributed by atoms with Crippen LogP contribution in [0, 0.1) is 16.5 Å². The summed E-state index contributed by atoms with van der Waals surface area (Å²) < 4.78 is 28.6. The van der Waals surface area contributed by atoms with Crippen molar-refractivity contribution in [3.63, 3.8) is 0 Å². The number of aromatic nitrogens is 2. The van der Waals surface area contributed by atoms with Crippen LogP contribution >= 0.6 is 22.9 Å².